The number of halogens is 1. The van der Waals surface area contributed by atoms with E-state index in [9.17, 15) is 0 Å². The molecule has 0 bridgehead atoms. The number of rotatable bonds is 3. The van der Waals surface area contributed by atoms with Crippen molar-refractivity contribution in [3.05, 3.63) is 28.3 Å². The summed E-state index contributed by atoms with van der Waals surface area (Å²) in [4.78, 5) is 0. The summed E-state index contributed by atoms with van der Waals surface area (Å²) in [6.07, 6.45) is 3.90. The third-order valence-corrected chi connectivity index (χ3v) is 3.23. The van der Waals surface area contributed by atoms with E-state index >= 15 is 0 Å². The van der Waals surface area contributed by atoms with E-state index < -0.39 is 0 Å². The van der Waals surface area contributed by atoms with Crippen molar-refractivity contribution < 1.29 is 9.47 Å². The van der Waals surface area contributed by atoms with Crippen LogP contribution in [0.3, 0.4) is 0 Å². The molecule has 0 radical (unpaired) electrons. The van der Waals surface area contributed by atoms with Crippen molar-refractivity contribution in [3.63, 3.8) is 0 Å². The van der Waals surface area contributed by atoms with Crippen LogP contribution in [-0.2, 0) is 0 Å². The third-order valence-electron chi connectivity index (χ3n) is 2.86. The Morgan fingerprint density at radius 2 is 2.11 bits per heavy atom. The summed E-state index contributed by atoms with van der Waals surface area (Å²) >= 11 is 6.44. The van der Waals surface area contributed by atoms with E-state index in [1.54, 1.807) is 0 Å². The first-order valence-corrected chi connectivity index (χ1v) is 6.51. The molecule has 1 aromatic rings. The topological polar surface area (TPSA) is 44.5 Å². The molecule has 1 aliphatic heterocycles. The van der Waals surface area contributed by atoms with E-state index in [1.807, 2.05) is 18.2 Å². The molecule has 2 rings (SSSR count). The first-order valence-electron chi connectivity index (χ1n) is 6.13. The molecule has 0 unspecified atom stereocenters. The first-order chi connectivity index (χ1) is 8.65. The molecule has 3 nitrogen and oxygen atoms in total. The lowest BCUT2D eigenvalue weighted by molar-refractivity contribution is 0.171. The van der Waals surface area contributed by atoms with Crippen LogP contribution in [0.25, 0.3) is 6.08 Å². The Bertz CT molecular complexity index is 469. The minimum atomic E-state index is 0.311. The highest BCUT2D eigenvalue weighted by Gasteiger charge is 2.22. The standard InChI is InChI=1S/C14H18ClNO2/c1-9(2)12-10(4-3-5-16)8-11-14(13(12)15)18-7-6-17-11/h3-4,8-9H,5-7,16H2,1-2H3/b4-3+. The lowest BCUT2D eigenvalue weighted by Crippen LogP contribution is -2.16. The van der Waals surface area contributed by atoms with Gasteiger partial charge in [-0.25, -0.2) is 0 Å². The van der Waals surface area contributed by atoms with Crippen LogP contribution >= 0.6 is 11.6 Å². The fourth-order valence-corrected chi connectivity index (χ4v) is 2.57. The molecule has 2 N–H and O–H groups in total. The SMILES string of the molecule is CC(C)c1c(/C=C/CN)cc2c(c1Cl)OCCO2. The van der Waals surface area contributed by atoms with Crippen molar-refractivity contribution >= 4 is 17.7 Å². The molecule has 0 aliphatic carbocycles. The fourth-order valence-electron chi connectivity index (χ4n) is 2.10. The smallest absolute Gasteiger partial charge is 0.180 e. The van der Waals surface area contributed by atoms with Crippen LogP contribution in [0.15, 0.2) is 12.1 Å². The Hall–Kier alpha value is -1.19. The first kappa shape index (κ1) is 13.2. The minimum absolute atomic E-state index is 0.311. The van der Waals surface area contributed by atoms with Crippen LogP contribution in [0.1, 0.15) is 30.9 Å². The second-order valence-corrected chi connectivity index (χ2v) is 4.89. The summed E-state index contributed by atoms with van der Waals surface area (Å²) in [6.45, 7) is 5.82. The van der Waals surface area contributed by atoms with Crippen LogP contribution in [0.5, 0.6) is 11.5 Å². The van der Waals surface area contributed by atoms with Crippen molar-refractivity contribution in [1.29, 1.82) is 0 Å². The van der Waals surface area contributed by atoms with Crippen molar-refractivity contribution in [2.24, 2.45) is 5.73 Å². The second-order valence-electron chi connectivity index (χ2n) is 4.51. The van der Waals surface area contributed by atoms with Gasteiger partial charge in [0, 0.05) is 6.54 Å². The van der Waals surface area contributed by atoms with Crippen molar-refractivity contribution in [2.75, 3.05) is 19.8 Å². The number of benzene rings is 1. The van der Waals surface area contributed by atoms with E-state index in [4.69, 9.17) is 26.8 Å². The molecular formula is C14H18ClNO2. The highest BCUT2D eigenvalue weighted by Crippen LogP contribution is 2.44. The van der Waals surface area contributed by atoms with Crippen molar-refractivity contribution in [3.8, 4) is 11.5 Å². The van der Waals surface area contributed by atoms with Gasteiger partial charge in [0.05, 0.1) is 5.02 Å². The zero-order chi connectivity index (χ0) is 13.1. The molecule has 0 amide bonds. The summed E-state index contributed by atoms with van der Waals surface area (Å²) in [7, 11) is 0. The second kappa shape index (κ2) is 5.63. The maximum atomic E-state index is 6.44. The van der Waals surface area contributed by atoms with E-state index in [1.165, 1.54) is 0 Å². The molecule has 0 saturated heterocycles. The predicted molar refractivity (Wildman–Crippen MR) is 74.6 cm³/mol. The maximum absolute atomic E-state index is 6.44. The quantitative estimate of drug-likeness (QED) is 0.915. The lowest BCUT2D eigenvalue weighted by atomic mass is 9.95. The zero-order valence-electron chi connectivity index (χ0n) is 10.7. The molecule has 1 aliphatic rings. The molecule has 0 saturated carbocycles. The largest absolute Gasteiger partial charge is 0.486 e. The summed E-state index contributed by atoms with van der Waals surface area (Å²) in [5.74, 6) is 1.69. The highest BCUT2D eigenvalue weighted by molar-refractivity contribution is 6.33. The summed E-state index contributed by atoms with van der Waals surface area (Å²) in [5.41, 5.74) is 7.62. The summed E-state index contributed by atoms with van der Waals surface area (Å²) in [6, 6.07) is 1.97. The number of fused-ring (bicyclic) bond motifs is 1. The molecule has 4 heteroatoms. The van der Waals surface area contributed by atoms with Gasteiger partial charge in [-0.3, -0.25) is 0 Å². The maximum Gasteiger partial charge on any atom is 0.180 e. The minimum Gasteiger partial charge on any atom is -0.486 e. The number of hydrogen-bond acceptors (Lipinski definition) is 3. The lowest BCUT2D eigenvalue weighted by Gasteiger charge is -2.23. The predicted octanol–water partition coefficient (Wildman–Crippen LogP) is 3.21. The van der Waals surface area contributed by atoms with Crippen molar-refractivity contribution in [1.82, 2.24) is 0 Å². The van der Waals surface area contributed by atoms with E-state index in [0.717, 1.165) is 11.1 Å². The van der Waals surface area contributed by atoms with Crippen LogP contribution in [0.2, 0.25) is 5.02 Å². The Labute approximate surface area is 113 Å². The van der Waals surface area contributed by atoms with E-state index in [0.29, 0.717) is 42.2 Å². The molecule has 0 aromatic heterocycles. The van der Waals surface area contributed by atoms with Gasteiger partial charge in [-0.2, -0.15) is 0 Å². The van der Waals surface area contributed by atoms with Crippen molar-refractivity contribution in [2.45, 2.75) is 19.8 Å². The van der Waals surface area contributed by atoms with Gasteiger partial charge in [-0.1, -0.05) is 37.6 Å². The Kier molecular flexibility index (Phi) is 4.15. The summed E-state index contributed by atoms with van der Waals surface area (Å²) < 4.78 is 11.2. The van der Waals surface area contributed by atoms with Crippen LogP contribution in [-0.4, -0.2) is 19.8 Å². The molecular weight excluding hydrogens is 250 g/mol. The average Bonchev–Trinajstić information content (AvgIpc) is 2.36. The van der Waals surface area contributed by atoms with Gasteiger partial charge in [0.15, 0.2) is 11.5 Å². The van der Waals surface area contributed by atoms with E-state index in [-0.39, 0.29) is 0 Å². The third kappa shape index (κ3) is 2.47. The zero-order valence-corrected chi connectivity index (χ0v) is 11.5. The van der Waals surface area contributed by atoms with Gasteiger partial charge >= 0.3 is 0 Å². The number of hydrogen-bond donors (Lipinski definition) is 1. The van der Waals surface area contributed by atoms with Crippen LogP contribution < -0.4 is 15.2 Å². The molecule has 1 aromatic carbocycles. The van der Waals surface area contributed by atoms with E-state index in [2.05, 4.69) is 13.8 Å². The Morgan fingerprint density at radius 3 is 2.78 bits per heavy atom. The molecule has 18 heavy (non-hydrogen) atoms. The monoisotopic (exact) mass is 267 g/mol. The summed E-state index contributed by atoms with van der Waals surface area (Å²) in [5, 5.41) is 0.652. The molecule has 1 heterocycles. The molecule has 0 fully saturated rings. The van der Waals surface area contributed by atoms with Gasteiger partial charge in [0.25, 0.3) is 0 Å². The van der Waals surface area contributed by atoms with Crippen LogP contribution in [0, 0.1) is 0 Å². The highest BCUT2D eigenvalue weighted by atomic mass is 35.5. The number of ether oxygens (including phenoxy) is 2. The molecule has 0 spiro atoms. The average molecular weight is 268 g/mol. The normalized spacial score (nSPS) is 14.5. The fraction of sp³-hybridized carbons (Fsp3) is 0.429. The van der Waals surface area contributed by atoms with Gasteiger partial charge in [-0.15, -0.1) is 0 Å². The van der Waals surface area contributed by atoms with Gasteiger partial charge < -0.3 is 15.2 Å². The Morgan fingerprint density at radius 1 is 1.39 bits per heavy atom. The van der Waals surface area contributed by atoms with Gasteiger partial charge in [0.1, 0.15) is 13.2 Å². The number of nitrogens with two attached hydrogens (primary N) is 1. The van der Waals surface area contributed by atoms with Crippen LogP contribution in [0.4, 0.5) is 0 Å². The van der Waals surface area contributed by atoms with Gasteiger partial charge in [0.2, 0.25) is 0 Å². The Balaban J connectivity index is 2.57. The molecule has 98 valence electrons. The molecule has 0 atom stereocenters. The van der Waals surface area contributed by atoms with Gasteiger partial charge in [-0.05, 0) is 23.1 Å².